The molecule has 0 heteroatoms. The van der Waals surface area contributed by atoms with E-state index in [0.29, 0.717) is 11.3 Å². The first-order valence-corrected chi connectivity index (χ1v) is 7.12. The maximum absolute atomic E-state index is 2.40. The maximum atomic E-state index is 2.40. The van der Waals surface area contributed by atoms with Crippen LogP contribution in [0, 0.1) is 11.3 Å². The van der Waals surface area contributed by atoms with Crippen LogP contribution in [0.3, 0.4) is 0 Å². The zero-order chi connectivity index (χ0) is 13.0. The third-order valence-corrected chi connectivity index (χ3v) is 4.38. The van der Waals surface area contributed by atoms with Crippen LogP contribution in [0.1, 0.15) is 45.6 Å². The second-order valence-corrected chi connectivity index (χ2v) is 5.68. The van der Waals surface area contributed by atoms with Crippen molar-refractivity contribution in [2.75, 3.05) is 0 Å². The molecular weight excluding hydrogens is 216 g/mol. The Morgan fingerprint density at radius 3 is 2.56 bits per heavy atom. The van der Waals surface area contributed by atoms with Crippen LogP contribution < -0.4 is 0 Å². The Balaban J connectivity index is 2.24. The lowest BCUT2D eigenvalue weighted by Gasteiger charge is -2.37. The molecule has 0 aromatic heterocycles. The topological polar surface area (TPSA) is 0 Å². The van der Waals surface area contributed by atoms with Crippen molar-refractivity contribution in [2.45, 2.75) is 40.0 Å². The van der Waals surface area contributed by atoms with Gasteiger partial charge >= 0.3 is 0 Å². The van der Waals surface area contributed by atoms with Crippen LogP contribution in [0.5, 0.6) is 0 Å². The summed E-state index contributed by atoms with van der Waals surface area (Å²) in [5, 5.41) is 0. The molecule has 0 bridgehead atoms. The summed E-state index contributed by atoms with van der Waals surface area (Å²) in [6.07, 6.45) is 10.8. The second-order valence-electron chi connectivity index (χ2n) is 5.68. The SMILES string of the molecule is CCCCC1(C)C=CC=C(c2ccccc2)C1C. The molecule has 96 valence electrons. The molecule has 0 N–H and O–H groups in total. The van der Waals surface area contributed by atoms with E-state index >= 15 is 0 Å². The molecule has 0 aliphatic heterocycles. The van der Waals surface area contributed by atoms with Gasteiger partial charge in [-0.3, -0.25) is 0 Å². The van der Waals surface area contributed by atoms with Gasteiger partial charge in [0.25, 0.3) is 0 Å². The van der Waals surface area contributed by atoms with E-state index in [1.165, 1.54) is 30.4 Å². The molecular formula is C18H24. The van der Waals surface area contributed by atoms with Gasteiger partial charge in [0.2, 0.25) is 0 Å². The molecule has 1 aromatic carbocycles. The molecule has 1 aliphatic carbocycles. The Labute approximate surface area is 111 Å². The monoisotopic (exact) mass is 240 g/mol. The first-order chi connectivity index (χ1) is 8.67. The van der Waals surface area contributed by atoms with Crippen molar-refractivity contribution in [1.82, 2.24) is 0 Å². The minimum absolute atomic E-state index is 0.315. The first-order valence-electron chi connectivity index (χ1n) is 7.12. The molecule has 0 saturated carbocycles. The van der Waals surface area contributed by atoms with Crippen molar-refractivity contribution < 1.29 is 0 Å². The van der Waals surface area contributed by atoms with Gasteiger partial charge in [-0.25, -0.2) is 0 Å². The van der Waals surface area contributed by atoms with Gasteiger partial charge in [0, 0.05) is 0 Å². The van der Waals surface area contributed by atoms with Crippen LogP contribution in [-0.4, -0.2) is 0 Å². The Hall–Kier alpha value is -1.30. The van der Waals surface area contributed by atoms with E-state index in [9.17, 15) is 0 Å². The van der Waals surface area contributed by atoms with Crippen molar-refractivity contribution in [2.24, 2.45) is 11.3 Å². The predicted molar refractivity (Wildman–Crippen MR) is 80.4 cm³/mol. The van der Waals surface area contributed by atoms with Crippen LogP contribution in [0.2, 0.25) is 0 Å². The van der Waals surface area contributed by atoms with Gasteiger partial charge in [0.15, 0.2) is 0 Å². The number of allylic oxidation sites excluding steroid dienone is 4. The standard InChI is InChI=1S/C18H24/c1-4-5-13-18(3)14-9-12-17(15(18)2)16-10-7-6-8-11-16/h6-12,14-15H,4-5,13H2,1-3H3. The highest BCUT2D eigenvalue weighted by Gasteiger charge is 2.32. The maximum Gasteiger partial charge on any atom is -0.00772 e. The third-order valence-electron chi connectivity index (χ3n) is 4.38. The van der Waals surface area contributed by atoms with Gasteiger partial charge in [0.05, 0.1) is 0 Å². The predicted octanol–water partition coefficient (Wildman–Crippen LogP) is 5.47. The number of unbranched alkanes of at least 4 members (excludes halogenated alkanes) is 1. The third kappa shape index (κ3) is 2.58. The molecule has 1 aromatic rings. The minimum Gasteiger partial charge on any atom is -0.0780 e. The fourth-order valence-corrected chi connectivity index (χ4v) is 2.85. The molecule has 0 saturated heterocycles. The van der Waals surface area contributed by atoms with Crippen LogP contribution in [-0.2, 0) is 0 Å². The molecule has 2 unspecified atom stereocenters. The molecule has 0 amide bonds. The summed E-state index contributed by atoms with van der Waals surface area (Å²) in [5.41, 5.74) is 3.17. The average molecular weight is 240 g/mol. The highest BCUT2D eigenvalue weighted by atomic mass is 14.4. The van der Waals surface area contributed by atoms with E-state index in [-0.39, 0.29) is 0 Å². The normalized spacial score (nSPS) is 27.1. The smallest absolute Gasteiger partial charge is 0.00772 e. The van der Waals surface area contributed by atoms with E-state index in [0.717, 1.165) is 0 Å². The van der Waals surface area contributed by atoms with Crippen molar-refractivity contribution in [3.63, 3.8) is 0 Å². The first kappa shape index (κ1) is 13.1. The van der Waals surface area contributed by atoms with Crippen LogP contribution in [0.4, 0.5) is 0 Å². The highest BCUT2D eigenvalue weighted by Crippen LogP contribution is 2.44. The van der Waals surface area contributed by atoms with Gasteiger partial charge in [-0.15, -0.1) is 0 Å². The summed E-state index contributed by atoms with van der Waals surface area (Å²) < 4.78 is 0. The van der Waals surface area contributed by atoms with E-state index < -0.39 is 0 Å². The van der Waals surface area contributed by atoms with Gasteiger partial charge in [-0.05, 0) is 28.9 Å². The zero-order valence-corrected chi connectivity index (χ0v) is 11.8. The quantitative estimate of drug-likeness (QED) is 0.654. The molecule has 2 atom stereocenters. The summed E-state index contributed by atoms with van der Waals surface area (Å²) in [6.45, 7) is 7.05. The second kappa shape index (κ2) is 5.56. The molecule has 18 heavy (non-hydrogen) atoms. The zero-order valence-electron chi connectivity index (χ0n) is 11.8. The summed E-state index contributed by atoms with van der Waals surface area (Å²) in [7, 11) is 0. The Morgan fingerprint density at radius 2 is 1.89 bits per heavy atom. The van der Waals surface area contributed by atoms with Gasteiger partial charge in [0.1, 0.15) is 0 Å². The van der Waals surface area contributed by atoms with E-state index in [2.05, 4.69) is 69.3 Å². The van der Waals surface area contributed by atoms with Crippen molar-refractivity contribution in [3.05, 3.63) is 54.1 Å². The lowest BCUT2D eigenvalue weighted by atomic mass is 9.67. The molecule has 0 nitrogen and oxygen atoms in total. The van der Waals surface area contributed by atoms with Crippen molar-refractivity contribution in [3.8, 4) is 0 Å². The number of benzene rings is 1. The fraction of sp³-hybridized carbons (Fsp3) is 0.444. The largest absolute Gasteiger partial charge is 0.0780 e. The van der Waals surface area contributed by atoms with Crippen LogP contribution >= 0.6 is 0 Å². The van der Waals surface area contributed by atoms with Gasteiger partial charge < -0.3 is 0 Å². The molecule has 0 radical (unpaired) electrons. The molecule has 1 aliphatic rings. The lowest BCUT2D eigenvalue weighted by molar-refractivity contribution is 0.299. The number of rotatable bonds is 4. The summed E-state index contributed by atoms with van der Waals surface area (Å²) in [6, 6.07) is 10.8. The number of hydrogen-bond acceptors (Lipinski definition) is 0. The Morgan fingerprint density at radius 1 is 1.17 bits per heavy atom. The Kier molecular flexibility index (Phi) is 4.06. The highest BCUT2D eigenvalue weighted by molar-refractivity contribution is 5.70. The van der Waals surface area contributed by atoms with Gasteiger partial charge in [-0.2, -0.15) is 0 Å². The van der Waals surface area contributed by atoms with Crippen molar-refractivity contribution >= 4 is 5.57 Å². The van der Waals surface area contributed by atoms with E-state index in [1.807, 2.05) is 0 Å². The van der Waals surface area contributed by atoms with Gasteiger partial charge in [-0.1, -0.05) is 82.2 Å². The van der Waals surface area contributed by atoms with Crippen LogP contribution in [0.25, 0.3) is 5.57 Å². The van der Waals surface area contributed by atoms with E-state index in [1.54, 1.807) is 0 Å². The fourth-order valence-electron chi connectivity index (χ4n) is 2.85. The molecule has 0 heterocycles. The van der Waals surface area contributed by atoms with E-state index in [4.69, 9.17) is 0 Å². The van der Waals surface area contributed by atoms with Crippen molar-refractivity contribution in [1.29, 1.82) is 0 Å². The molecule has 0 spiro atoms. The number of hydrogen-bond donors (Lipinski definition) is 0. The molecule has 2 rings (SSSR count). The lowest BCUT2D eigenvalue weighted by Crippen LogP contribution is -2.26. The average Bonchev–Trinajstić information content (AvgIpc) is 2.41. The Bertz CT molecular complexity index is 438. The van der Waals surface area contributed by atoms with Crippen LogP contribution in [0.15, 0.2) is 48.6 Å². The summed E-state index contributed by atoms with van der Waals surface area (Å²) in [5.74, 6) is 0.594. The summed E-state index contributed by atoms with van der Waals surface area (Å²) >= 11 is 0. The molecule has 0 fully saturated rings. The summed E-state index contributed by atoms with van der Waals surface area (Å²) in [4.78, 5) is 0. The minimum atomic E-state index is 0.315.